The number of rotatable bonds is 36. The van der Waals surface area contributed by atoms with Crippen LogP contribution in [0.5, 0.6) is 0 Å². The van der Waals surface area contributed by atoms with E-state index in [9.17, 15) is 19.0 Å². The Morgan fingerprint density at radius 2 is 1.08 bits per heavy atom. The van der Waals surface area contributed by atoms with Gasteiger partial charge in [0.05, 0.1) is 13.2 Å². The van der Waals surface area contributed by atoms with E-state index in [4.69, 9.17) is 18.5 Å². The van der Waals surface area contributed by atoms with Crippen molar-refractivity contribution in [1.29, 1.82) is 0 Å². The highest BCUT2D eigenvalue weighted by atomic mass is 31.2. The van der Waals surface area contributed by atoms with Crippen LogP contribution in [0.4, 0.5) is 0 Å². The first-order valence-electron chi connectivity index (χ1n) is 20.2. The highest BCUT2D eigenvalue weighted by molar-refractivity contribution is 7.47. The summed E-state index contributed by atoms with van der Waals surface area (Å²) in [4.78, 5) is 36.9. The average molecular weight is 764 g/mol. The summed E-state index contributed by atoms with van der Waals surface area (Å²) >= 11 is 0. The van der Waals surface area contributed by atoms with E-state index in [1.54, 1.807) is 4.90 Å². The van der Waals surface area contributed by atoms with E-state index in [2.05, 4.69) is 86.8 Å². The van der Waals surface area contributed by atoms with E-state index in [-0.39, 0.29) is 26.1 Å². The summed E-state index contributed by atoms with van der Waals surface area (Å²) in [6.45, 7) is 4.09. The molecular weight excluding hydrogens is 689 g/mol. The highest BCUT2D eigenvalue weighted by Crippen LogP contribution is 2.43. The number of ether oxygens (including phenoxy) is 2. The molecule has 10 heteroatoms. The van der Waals surface area contributed by atoms with Gasteiger partial charge in [0.1, 0.15) is 6.61 Å². The predicted molar refractivity (Wildman–Crippen MR) is 220 cm³/mol. The van der Waals surface area contributed by atoms with E-state index >= 15 is 0 Å². The van der Waals surface area contributed by atoms with E-state index in [0.717, 1.165) is 83.5 Å². The van der Waals surface area contributed by atoms with Gasteiger partial charge >= 0.3 is 19.8 Å². The van der Waals surface area contributed by atoms with E-state index in [0.29, 0.717) is 19.4 Å². The Balaban J connectivity index is 4.45. The Labute approximate surface area is 323 Å². The molecule has 0 heterocycles. The second-order valence-corrected chi connectivity index (χ2v) is 14.9. The zero-order valence-electron chi connectivity index (χ0n) is 33.7. The van der Waals surface area contributed by atoms with Gasteiger partial charge in [-0.2, -0.15) is 0 Å². The predicted octanol–water partition coefficient (Wildman–Crippen LogP) is 11.3. The standard InChI is InChI=1S/C43H74NO8P/c1-5-7-9-11-13-15-17-19-21-23-25-27-29-31-33-35-42(45)49-39-41(40-51-53(47,48)50-38-37-44(3)4)52-43(46)36-34-32-30-28-26-24-22-20-18-16-14-12-10-8-6-2/h8,10,13-16,19-22,25,27,41H,5-7,9,11-12,17-18,23-24,26,28-40H2,1-4H3,(H,47,48)/b10-8-,15-13-,16-14-,21-19-,22-20-,27-25-. The molecule has 0 saturated heterocycles. The fourth-order valence-corrected chi connectivity index (χ4v) is 5.62. The van der Waals surface area contributed by atoms with E-state index in [1.807, 2.05) is 14.1 Å². The van der Waals surface area contributed by atoms with Crippen molar-refractivity contribution in [3.05, 3.63) is 72.9 Å². The van der Waals surface area contributed by atoms with Crippen LogP contribution in [0.2, 0.25) is 0 Å². The van der Waals surface area contributed by atoms with Crippen LogP contribution in [0, 0.1) is 0 Å². The molecule has 53 heavy (non-hydrogen) atoms. The summed E-state index contributed by atoms with van der Waals surface area (Å²) in [5.74, 6) is -0.876. The lowest BCUT2D eigenvalue weighted by molar-refractivity contribution is -0.161. The molecule has 2 atom stereocenters. The number of unbranched alkanes of at least 4 members (excludes halogenated alkanes) is 10. The molecule has 0 aromatic carbocycles. The van der Waals surface area contributed by atoms with Crippen LogP contribution in [0.15, 0.2) is 72.9 Å². The SMILES string of the molecule is CC/C=C\C/C=C\C/C=C\CCCCCCCC(=O)OC(COC(=O)CCCC/C=C\C/C=C\C/C=C\CCCCC)COP(=O)(O)OCCN(C)C. The number of likely N-dealkylation sites (N-methyl/N-ethyl adjacent to an activating group) is 1. The van der Waals surface area contributed by atoms with Gasteiger partial charge in [-0.05, 0) is 97.6 Å². The van der Waals surface area contributed by atoms with Crippen molar-refractivity contribution in [2.45, 2.75) is 148 Å². The van der Waals surface area contributed by atoms with Crippen LogP contribution in [-0.2, 0) is 32.7 Å². The lowest BCUT2D eigenvalue weighted by Crippen LogP contribution is -2.29. The molecule has 1 N–H and O–H groups in total. The Bertz CT molecular complexity index is 1110. The first-order valence-corrected chi connectivity index (χ1v) is 21.7. The average Bonchev–Trinajstić information content (AvgIpc) is 3.12. The Kier molecular flexibility index (Phi) is 35.9. The summed E-state index contributed by atoms with van der Waals surface area (Å²) in [5.41, 5.74) is 0. The molecule has 0 saturated carbocycles. The van der Waals surface area contributed by atoms with Crippen LogP contribution in [-0.4, -0.2) is 68.3 Å². The van der Waals surface area contributed by atoms with Crippen LogP contribution in [0.1, 0.15) is 142 Å². The molecule has 0 radical (unpaired) electrons. The molecule has 0 spiro atoms. The fraction of sp³-hybridized carbons (Fsp3) is 0.674. The molecule has 0 rings (SSSR count). The second-order valence-electron chi connectivity index (χ2n) is 13.4. The number of nitrogens with zero attached hydrogens (tertiary/aromatic N) is 1. The molecule has 0 aliphatic carbocycles. The molecule has 304 valence electrons. The number of phosphoric acid groups is 1. The van der Waals surface area contributed by atoms with Gasteiger partial charge in [0.2, 0.25) is 0 Å². The normalized spacial score (nSPS) is 14.2. The first-order chi connectivity index (χ1) is 25.7. The Morgan fingerprint density at radius 3 is 1.64 bits per heavy atom. The minimum atomic E-state index is -4.38. The molecule has 0 fully saturated rings. The number of hydrogen-bond acceptors (Lipinski definition) is 8. The van der Waals surface area contributed by atoms with E-state index in [1.165, 1.54) is 19.3 Å². The summed E-state index contributed by atoms with van der Waals surface area (Å²) in [6, 6.07) is 0. The van der Waals surface area contributed by atoms with E-state index < -0.39 is 32.5 Å². The van der Waals surface area contributed by atoms with Crippen LogP contribution in [0.25, 0.3) is 0 Å². The van der Waals surface area contributed by atoms with Gasteiger partial charge in [0.25, 0.3) is 0 Å². The largest absolute Gasteiger partial charge is 0.472 e. The lowest BCUT2D eigenvalue weighted by atomic mass is 10.1. The number of carbonyl (C=O) groups excluding carboxylic acids is 2. The van der Waals surface area contributed by atoms with Gasteiger partial charge in [0, 0.05) is 19.4 Å². The van der Waals surface area contributed by atoms with Gasteiger partial charge in [-0.15, -0.1) is 0 Å². The van der Waals surface area contributed by atoms with Crippen LogP contribution >= 0.6 is 7.82 Å². The lowest BCUT2D eigenvalue weighted by Gasteiger charge is -2.20. The third kappa shape index (κ3) is 39.0. The minimum absolute atomic E-state index is 0.00616. The molecule has 0 aliphatic heterocycles. The molecule has 0 bridgehead atoms. The van der Waals surface area contributed by atoms with Gasteiger partial charge in [0.15, 0.2) is 6.10 Å². The summed E-state index contributed by atoms with van der Waals surface area (Å²) in [5, 5.41) is 0. The number of hydrogen-bond donors (Lipinski definition) is 1. The monoisotopic (exact) mass is 764 g/mol. The maximum atomic E-state index is 12.6. The first kappa shape index (κ1) is 50.5. The second kappa shape index (κ2) is 37.8. The van der Waals surface area contributed by atoms with Crippen molar-refractivity contribution >= 4 is 19.8 Å². The van der Waals surface area contributed by atoms with Gasteiger partial charge in [-0.1, -0.05) is 119 Å². The topological polar surface area (TPSA) is 112 Å². The molecule has 0 amide bonds. The highest BCUT2D eigenvalue weighted by Gasteiger charge is 2.26. The van der Waals surface area contributed by atoms with Gasteiger partial charge < -0.3 is 19.3 Å². The molecule has 0 aromatic rings. The molecule has 2 unspecified atom stereocenters. The number of esters is 2. The van der Waals surface area contributed by atoms with Crippen molar-refractivity contribution in [3.8, 4) is 0 Å². The molecule has 0 aromatic heterocycles. The van der Waals surface area contributed by atoms with Crippen LogP contribution in [0.3, 0.4) is 0 Å². The summed E-state index contributed by atoms with van der Waals surface area (Å²) < 4.78 is 33.3. The number of allylic oxidation sites excluding steroid dienone is 12. The number of phosphoric ester groups is 1. The Morgan fingerprint density at radius 1 is 0.604 bits per heavy atom. The van der Waals surface area contributed by atoms with Crippen molar-refractivity contribution in [2.75, 3.05) is 40.5 Å². The molecule has 0 aliphatic rings. The summed E-state index contributed by atoms with van der Waals surface area (Å²) in [7, 11) is -0.747. The molecule has 9 nitrogen and oxygen atoms in total. The van der Waals surface area contributed by atoms with Gasteiger partial charge in [-0.25, -0.2) is 4.57 Å². The van der Waals surface area contributed by atoms with Crippen molar-refractivity contribution in [1.82, 2.24) is 4.90 Å². The third-order valence-electron chi connectivity index (χ3n) is 8.00. The maximum absolute atomic E-state index is 12.6. The zero-order valence-corrected chi connectivity index (χ0v) is 34.6. The van der Waals surface area contributed by atoms with Gasteiger partial charge in [-0.3, -0.25) is 18.6 Å². The van der Waals surface area contributed by atoms with Crippen LogP contribution < -0.4 is 0 Å². The maximum Gasteiger partial charge on any atom is 0.472 e. The zero-order chi connectivity index (χ0) is 39.1. The quantitative estimate of drug-likeness (QED) is 0.0288. The van der Waals surface area contributed by atoms with Crippen molar-refractivity contribution < 1.29 is 37.6 Å². The Hall–Kier alpha value is -2.55. The van der Waals surface area contributed by atoms with Crippen molar-refractivity contribution in [3.63, 3.8) is 0 Å². The fourth-order valence-electron chi connectivity index (χ4n) is 4.88. The number of carbonyl (C=O) groups is 2. The third-order valence-corrected chi connectivity index (χ3v) is 8.98. The van der Waals surface area contributed by atoms with Crippen molar-refractivity contribution in [2.24, 2.45) is 0 Å². The summed E-state index contributed by atoms with van der Waals surface area (Å²) in [6.07, 6.45) is 43.8. The minimum Gasteiger partial charge on any atom is -0.462 e. The molecular formula is C43H74NO8P. The smallest absolute Gasteiger partial charge is 0.462 e.